The first-order valence-corrected chi connectivity index (χ1v) is 11.1. The lowest BCUT2D eigenvalue weighted by Crippen LogP contribution is -2.33. The normalized spacial score (nSPS) is 19.1. The number of benzene rings is 1. The van der Waals surface area contributed by atoms with Gasteiger partial charge in [-0.05, 0) is 57.4 Å². The fraction of sp³-hybridized carbons (Fsp3) is 0.500. The van der Waals surface area contributed by atoms with E-state index in [0.717, 1.165) is 61.4 Å². The van der Waals surface area contributed by atoms with Crippen LogP contribution in [-0.2, 0) is 16.0 Å². The van der Waals surface area contributed by atoms with Gasteiger partial charge < -0.3 is 10.2 Å². The molecule has 1 aromatic heterocycles. The van der Waals surface area contributed by atoms with E-state index in [2.05, 4.69) is 5.32 Å². The zero-order valence-corrected chi connectivity index (χ0v) is 18.2. The maximum Gasteiger partial charge on any atom is 0.228 e. The molecule has 2 aliphatic rings. The number of likely N-dealkylation sites (tertiary alicyclic amines) is 1. The molecule has 1 saturated heterocycles. The number of carbonyl (C=O) groups excluding carboxylic acids is 2. The summed E-state index contributed by atoms with van der Waals surface area (Å²) >= 11 is 0. The molecule has 1 aliphatic carbocycles. The van der Waals surface area contributed by atoms with Crippen molar-refractivity contribution in [2.24, 2.45) is 5.92 Å². The van der Waals surface area contributed by atoms with E-state index >= 15 is 0 Å². The van der Waals surface area contributed by atoms with Crippen molar-refractivity contribution in [3.8, 4) is 0 Å². The van der Waals surface area contributed by atoms with Crippen LogP contribution >= 0.6 is 0 Å². The van der Waals surface area contributed by atoms with Gasteiger partial charge in [-0.1, -0.05) is 12.8 Å². The summed E-state index contributed by atoms with van der Waals surface area (Å²) in [6.07, 6.45) is 5.39. The van der Waals surface area contributed by atoms with Crippen LogP contribution in [0.15, 0.2) is 24.3 Å². The van der Waals surface area contributed by atoms with Crippen molar-refractivity contribution in [3.63, 3.8) is 0 Å². The Kier molecular flexibility index (Phi) is 6.30. The first-order valence-electron chi connectivity index (χ1n) is 11.1. The third-order valence-electron chi connectivity index (χ3n) is 6.47. The topological polar surface area (TPSA) is 75.2 Å². The lowest BCUT2D eigenvalue weighted by atomic mass is 10.0. The van der Waals surface area contributed by atoms with Gasteiger partial charge in [0.05, 0.1) is 6.42 Å². The first kappa shape index (κ1) is 21.4. The van der Waals surface area contributed by atoms with Crippen LogP contribution in [0.1, 0.15) is 60.8 Å². The summed E-state index contributed by atoms with van der Waals surface area (Å²) in [5.74, 6) is 0.865. The molecule has 1 saturated carbocycles. The Morgan fingerprint density at radius 3 is 2.35 bits per heavy atom. The number of amides is 2. The molecule has 2 heterocycles. The highest BCUT2D eigenvalue weighted by atomic mass is 19.1. The molecule has 1 atom stereocenters. The van der Waals surface area contributed by atoms with Gasteiger partial charge in [0.25, 0.3) is 0 Å². The molecule has 1 N–H and O–H groups in total. The predicted molar refractivity (Wildman–Crippen MR) is 116 cm³/mol. The molecule has 2 aromatic rings. The summed E-state index contributed by atoms with van der Waals surface area (Å²) in [7, 11) is 0. The molecule has 1 aromatic carbocycles. The Hall–Kier alpha value is -2.83. The molecule has 0 radical (unpaired) electrons. The van der Waals surface area contributed by atoms with Crippen LogP contribution in [0.3, 0.4) is 0 Å². The fourth-order valence-corrected chi connectivity index (χ4v) is 4.70. The lowest BCUT2D eigenvalue weighted by molar-refractivity contribution is -0.134. The molecule has 2 fully saturated rings. The largest absolute Gasteiger partial charge is 0.342 e. The smallest absolute Gasteiger partial charge is 0.228 e. The molecule has 31 heavy (non-hydrogen) atoms. The molecule has 1 aliphatic heterocycles. The molecule has 0 unspecified atom stereocenters. The minimum Gasteiger partial charge on any atom is -0.342 e. The van der Waals surface area contributed by atoms with Gasteiger partial charge in [-0.25, -0.2) is 14.4 Å². The van der Waals surface area contributed by atoms with Crippen molar-refractivity contribution in [2.45, 2.75) is 58.3 Å². The molecule has 7 heteroatoms. The average Bonchev–Trinajstić information content (AvgIpc) is 3.44. The standard InChI is InChI=1S/C24H29FN4O2/c1-15-21(13-22(30)28-20-9-7-19(25)8-10-20)16(2)27-23(26-15)18-11-12-29(14-18)24(31)17-5-3-4-6-17/h7-10,17-18H,3-6,11-14H2,1-2H3,(H,28,30)/t18-/m0/s1. The molecule has 164 valence electrons. The number of halogens is 1. The Labute approximate surface area is 182 Å². The van der Waals surface area contributed by atoms with Crippen LogP contribution < -0.4 is 5.32 Å². The van der Waals surface area contributed by atoms with Crippen LogP contribution in [-0.4, -0.2) is 39.8 Å². The van der Waals surface area contributed by atoms with Gasteiger partial charge >= 0.3 is 0 Å². The minimum absolute atomic E-state index is 0.143. The predicted octanol–water partition coefficient (Wildman–Crippen LogP) is 3.92. The van der Waals surface area contributed by atoms with Gasteiger partial charge in [-0.15, -0.1) is 0 Å². The molecular formula is C24H29FN4O2. The van der Waals surface area contributed by atoms with Gasteiger partial charge in [0, 0.05) is 47.6 Å². The van der Waals surface area contributed by atoms with Gasteiger partial charge in [-0.3, -0.25) is 9.59 Å². The number of nitrogens with one attached hydrogen (secondary N) is 1. The second kappa shape index (κ2) is 9.12. The van der Waals surface area contributed by atoms with Crippen molar-refractivity contribution < 1.29 is 14.0 Å². The number of hydrogen-bond acceptors (Lipinski definition) is 4. The van der Waals surface area contributed by atoms with E-state index in [4.69, 9.17) is 9.97 Å². The molecule has 6 nitrogen and oxygen atoms in total. The Balaban J connectivity index is 1.40. The van der Waals surface area contributed by atoms with E-state index in [-0.39, 0.29) is 30.0 Å². The summed E-state index contributed by atoms with van der Waals surface area (Å²) in [4.78, 5) is 36.6. The van der Waals surface area contributed by atoms with Gasteiger partial charge in [0.15, 0.2) is 0 Å². The Bertz CT molecular complexity index is 947. The third-order valence-corrected chi connectivity index (χ3v) is 6.47. The van der Waals surface area contributed by atoms with E-state index in [1.807, 2.05) is 18.7 Å². The maximum atomic E-state index is 13.0. The van der Waals surface area contributed by atoms with Crippen molar-refractivity contribution in [2.75, 3.05) is 18.4 Å². The minimum atomic E-state index is -0.343. The zero-order valence-electron chi connectivity index (χ0n) is 18.2. The number of aromatic nitrogens is 2. The molecule has 0 spiro atoms. The molecule has 2 amide bonds. The van der Waals surface area contributed by atoms with Crippen LogP contribution in [0.4, 0.5) is 10.1 Å². The Morgan fingerprint density at radius 1 is 1.06 bits per heavy atom. The van der Waals surface area contributed by atoms with Crippen LogP contribution in [0.25, 0.3) is 0 Å². The molecule has 4 rings (SSSR count). The van der Waals surface area contributed by atoms with Crippen LogP contribution in [0.2, 0.25) is 0 Å². The summed E-state index contributed by atoms with van der Waals surface area (Å²) in [6, 6.07) is 5.69. The first-order chi connectivity index (χ1) is 14.9. The van der Waals surface area contributed by atoms with E-state index < -0.39 is 0 Å². The quantitative estimate of drug-likeness (QED) is 0.789. The Morgan fingerprint density at radius 2 is 1.71 bits per heavy atom. The average molecular weight is 425 g/mol. The number of nitrogens with zero attached hydrogens (tertiary/aromatic N) is 3. The van der Waals surface area contributed by atoms with E-state index in [0.29, 0.717) is 18.1 Å². The number of carbonyl (C=O) groups is 2. The number of hydrogen-bond donors (Lipinski definition) is 1. The number of rotatable bonds is 5. The molecule has 0 bridgehead atoms. The zero-order chi connectivity index (χ0) is 22.0. The van der Waals surface area contributed by atoms with Crippen LogP contribution in [0.5, 0.6) is 0 Å². The van der Waals surface area contributed by atoms with Crippen molar-refractivity contribution in [1.29, 1.82) is 0 Å². The van der Waals surface area contributed by atoms with Crippen LogP contribution in [0, 0.1) is 25.6 Å². The van der Waals surface area contributed by atoms with Crippen molar-refractivity contribution in [3.05, 3.63) is 52.9 Å². The monoisotopic (exact) mass is 424 g/mol. The van der Waals surface area contributed by atoms with Gasteiger partial charge in [-0.2, -0.15) is 0 Å². The van der Waals surface area contributed by atoms with Crippen molar-refractivity contribution in [1.82, 2.24) is 14.9 Å². The highest BCUT2D eigenvalue weighted by Gasteiger charge is 2.34. The number of anilines is 1. The molecular weight excluding hydrogens is 395 g/mol. The van der Waals surface area contributed by atoms with Gasteiger partial charge in [0.1, 0.15) is 11.6 Å². The third kappa shape index (κ3) is 4.92. The van der Waals surface area contributed by atoms with E-state index in [1.165, 1.54) is 24.3 Å². The summed E-state index contributed by atoms with van der Waals surface area (Å²) < 4.78 is 13.0. The fourth-order valence-electron chi connectivity index (χ4n) is 4.70. The lowest BCUT2D eigenvalue weighted by Gasteiger charge is -2.20. The summed E-state index contributed by atoms with van der Waals surface area (Å²) in [6.45, 7) is 5.24. The summed E-state index contributed by atoms with van der Waals surface area (Å²) in [5, 5.41) is 2.78. The second-order valence-electron chi connectivity index (χ2n) is 8.71. The number of aryl methyl sites for hydroxylation is 2. The van der Waals surface area contributed by atoms with Crippen molar-refractivity contribution >= 4 is 17.5 Å². The highest BCUT2D eigenvalue weighted by molar-refractivity contribution is 5.92. The van der Waals surface area contributed by atoms with E-state index in [1.54, 1.807) is 0 Å². The van der Waals surface area contributed by atoms with E-state index in [9.17, 15) is 14.0 Å². The summed E-state index contributed by atoms with van der Waals surface area (Å²) in [5.41, 5.74) is 2.94. The van der Waals surface area contributed by atoms with Gasteiger partial charge in [0.2, 0.25) is 11.8 Å². The maximum absolute atomic E-state index is 13.0. The SMILES string of the molecule is Cc1nc([C@H]2CCN(C(=O)C3CCCC3)C2)nc(C)c1CC(=O)Nc1ccc(F)cc1. The highest BCUT2D eigenvalue weighted by Crippen LogP contribution is 2.31. The second-order valence-corrected chi connectivity index (χ2v) is 8.71.